The van der Waals surface area contributed by atoms with E-state index in [1.165, 1.54) is 13.0 Å². The summed E-state index contributed by atoms with van der Waals surface area (Å²) in [5.74, 6) is -3.29. The van der Waals surface area contributed by atoms with E-state index < -0.39 is 36.4 Å². The molecule has 1 saturated heterocycles. The molecule has 35 heavy (non-hydrogen) atoms. The third-order valence-electron chi connectivity index (χ3n) is 6.30. The summed E-state index contributed by atoms with van der Waals surface area (Å²) in [6.45, 7) is 0.821. The maximum absolute atomic E-state index is 13.1. The van der Waals surface area contributed by atoms with Crippen molar-refractivity contribution in [2.75, 3.05) is 11.9 Å². The number of carbonyl (C=O) groups is 5. The van der Waals surface area contributed by atoms with Crippen molar-refractivity contribution in [2.24, 2.45) is 11.8 Å². The lowest BCUT2D eigenvalue weighted by atomic mass is 9.85. The first-order chi connectivity index (χ1) is 16.8. The van der Waals surface area contributed by atoms with Gasteiger partial charge in [0.1, 0.15) is 6.04 Å². The highest BCUT2D eigenvalue weighted by Gasteiger charge is 2.51. The summed E-state index contributed by atoms with van der Waals surface area (Å²) in [6, 6.07) is 14.3. The first-order valence-corrected chi connectivity index (χ1v) is 11.5. The molecule has 2 aromatic rings. The van der Waals surface area contributed by atoms with Crippen molar-refractivity contribution in [3.8, 4) is 0 Å². The lowest BCUT2D eigenvalue weighted by molar-refractivity contribution is -0.159. The molecule has 0 radical (unpaired) electrons. The van der Waals surface area contributed by atoms with Crippen LogP contribution >= 0.6 is 0 Å². The van der Waals surface area contributed by atoms with Crippen molar-refractivity contribution in [3.63, 3.8) is 0 Å². The molecule has 3 atom stereocenters. The average molecular weight is 475 g/mol. The number of hydrogen-bond acceptors (Lipinski definition) is 6. The fraction of sp³-hybridized carbons (Fsp3) is 0.296. The highest BCUT2D eigenvalue weighted by molar-refractivity contribution is 6.08. The van der Waals surface area contributed by atoms with E-state index in [1.807, 2.05) is 18.2 Å². The minimum absolute atomic E-state index is 0.0896. The first-order valence-electron chi connectivity index (χ1n) is 11.5. The van der Waals surface area contributed by atoms with E-state index in [0.717, 1.165) is 10.5 Å². The zero-order chi connectivity index (χ0) is 24.9. The van der Waals surface area contributed by atoms with Crippen LogP contribution in [0.5, 0.6) is 0 Å². The van der Waals surface area contributed by atoms with Gasteiger partial charge in [-0.25, -0.2) is 4.79 Å². The predicted molar refractivity (Wildman–Crippen MR) is 127 cm³/mol. The molecule has 8 heteroatoms. The molecule has 8 nitrogen and oxygen atoms in total. The van der Waals surface area contributed by atoms with E-state index in [0.29, 0.717) is 24.1 Å². The molecule has 1 heterocycles. The van der Waals surface area contributed by atoms with Crippen LogP contribution in [0, 0.1) is 11.8 Å². The fourth-order valence-corrected chi connectivity index (χ4v) is 4.50. The van der Waals surface area contributed by atoms with Gasteiger partial charge in [0.2, 0.25) is 11.8 Å². The van der Waals surface area contributed by atoms with Gasteiger partial charge >= 0.3 is 5.97 Å². The summed E-state index contributed by atoms with van der Waals surface area (Å²) in [5.41, 5.74) is 1.58. The summed E-state index contributed by atoms with van der Waals surface area (Å²) in [7, 11) is 0. The summed E-state index contributed by atoms with van der Waals surface area (Å²) >= 11 is 0. The summed E-state index contributed by atoms with van der Waals surface area (Å²) in [5, 5.41) is 2.58. The number of hydrogen-bond donors (Lipinski definition) is 1. The molecule has 0 unspecified atom stereocenters. The quantitative estimate of drug-likeness (QED) is 0.273. The van der Waals surface area contributed by atoms with Gasteiger partial charge < -0.3 is 10.1 Å². The van der Waals surface area contributed by atoms with E-state index >= 15 is 0 Å². The molecule has 1 aliphatic carbocycles. The zero-order valence-electron chi connectivity index (χ0n) is 19.3. The Balaban J connectivity index is 1.47. The number of ether oxygens (including phenoxy) is 1. The molecule has 0 saturated carbocycles. The Kier molecular flexibility index (Phi) is 7.19. The van der Waals surface area contributed by atoms with Crippen LogP contribution in [0.25, 0.3) is 0 Å². The second-order valence-electron chi connectivity index (χ2n) is 8.70. The van der Waals surface area contributed by atoms with Crippen molar-refractivity contribution >= 4 is 35.2 Å². The SMILES string of the molecule is CC(=O)c1cccc(NC(=O)COC(=O)[C@H](Cc2ccccc2)N2C(=O)[C@H]3CC=CC[C@H]3C2=O)c1. The molecular formula is C27H26N2O6. The minimum Gasteiger partial charge on any atom is -0.454 e. The number of esters is 1. The Bertz CT molecular complexity index is 1160. The Labute approximate surface area is 202 Å². The molecule has 180 valence electrons. The van der Waals surface area contributed by atoms with Crippen LogP contribution in [-0.2, 0) is 30.3 Å². The van der Waals surface area contributed by atoms with Crippen molar-refractivity contribution in [3.05, 3.63) is 77.9 Å². The molecule has 0 aromatic heterocycles. The van der Waals surface area contributed by atoms with Crippen LogP contribution in [0.15, 0.2) is 66.7 Å². The lowest BCUT2D eigenvalue weighted by Gasteiger charge is -2.25. The Morgan fingerprint density at radius 1 is 0.971 bits per heavy atom. The number of rotatable bonds is 8. The van der Waals surface area contributed by atoms with Crippen molar-refractivity contribution in [2.45, 2.75) is 32.2 Å². The van der Waals surface area contributed by atoms with Gasteiger partial charge in [0.15, 0.2) is 12.4 Å². The van der Waals surface area contributed by atoms with Gasteiger partial charge in [-0.1, -0.05) is 54.6 Å². The van der Waals surface area contributed by atoms with Gasteiger partial charge in [0.05, 0.1) is 11.8 Å². The molecule has 3 amide bonds. The topological polar surface area (TPSA) is 110 Å². The number of ketones is 1. The van der Waals surface area contributed by atoms with Crippen LogP contribution in [-0.4, -0.2) is 47.0 Å². The highest BCUT2D eigenvalue weighted by atomic mass is 16.5. The van der Waals surface area contributed by atoms with Crippen LogP contribution in [0.3, 0.4) is 0 Å². The molecular weight excluding hydrogens is 448 g/mol. The second kappa shape index (κ2) is 10.5. The van der Waals surface area contributed by atoms with Gasteiger partial charge in [-0.3, -0.25) is 24.1 Å². The van der Waals surface area contributed by atoms with E-state index in [-0.39, 0.29) is 24.0 Å². The third kappa shape index (κ3) is 5.37. The third-order valence-corrected chi connectivity index (χ3v) is 6.30. The average Bonchev–Trinajstić information content (AvgIpc) is 3.11. The molecule has 0 spiro atoms. The van der Waals surface area contributed by atoms with E-state index in [2.05, 4.69) is 5.32 Å². The van der Waals surface area contributed by atoms with Crippen LogP contribution in [0.4, 0.5) is 5.69 Å². The summed E-state index contributed by atoms with van der Waals surface area (Å²) in [4.78, 5) is 64.3. The van der Waals surface area contributed by atoms with Crippen LogP contribution in [0.2, 0.25) is 0 Å². The number of allylic oxidation sites excluding steroid dienone is 2. The minimum atomic E-state index is -1.17. The number of amides is 3. The molecule has 0 bridgehead atoms. The number of anilines is 1. The molecule has 2 aromatic carbocycles. The molecule has 2 aliphatic rings. The Morgan fingerprint density at radius 2 is 1.63 bits per heavy atom. The van der Waals surface area contributed by atoms with E-state index in [9.17, 15) is 24.0 Å². The smallest absolute Gasteiger partial charge is 0.330 e. The van der Waals surface area contributed by atoms with Crippen molar-refractivity contribution in [1.29, 1.82) is 0 Å². The van der Waals surface area contributed by atoms with Gasteiger partial charge in [0.25, 0.3) is 5.91 Å². The second-order valence-corrected chi connectivity index (χ2v) is 8.70. The lowest BCUT2D eigenvalue weighted by Crippen LogP contribution is -2.48. The Morgan fingerprint density at radius 3 is 2.26 bits per heavy atom. The largest absolute Gasteiger partial charge is 0.454 e. The van der Waals surface area contributed by atoms with Gasteiger partial charge in [-0.2, -0.15) is 0 Å². The monoisotopic (exact) mass is 474 g/mol. The van der Waals surface area contributed by atoms with Crippen molar-refractivity contribution in [1.82, 2.24) is 4.90 Å². The first kappa shape index (κ1) is 24.1. The van der Waals surface area contributed by atoms with Gasteiger partial charge in [-0.05, 0) is 37.5 Å². The molecule has 1 aliphatic heterocycles. The number of likely N-dealkylation sites (tertiary alicyclic amines) is 1. The summed E-state index contributed by atoms with van der Waals surface area (Å²) < 4.78 is 5.27. The van der Waals surface area contributed by atoms with Crippen molar-refractivity contribution < 1.29 is 28.7 Å². The number of benzene rings is 2. The standard InChI is InChI=1S/C27H26N2O6/c1-17(30)19-10-7-11-20(15-19)28-24(31)16-35-27(34)23(14-18-8-3-2-4-9-18)29-25(32)21-12-5-6-13-22(21)26(29)33/h2-11,15,21-23H,12-14,16H2,1H3,(H,28,31)/t21-,22+,23-/m0/s1. The highest BCUT2D eigenvalue weighted by Crippen LogP contribution is 2.36. The number of fused-ring (bicyclic) bond motifs is 1. The van der Waals surface area contributed by atoms with Gasteiger partial charge in [-0.15, -0.1) is 0 Å². The Hall–Kier alpha value is -4.07. The van der Waals surface area contributed by atoms with Crippen LogP contribution < -0.4 is 5.32 Å². The molecule has 4 rings (SSSR count). The fourth-order valence-electron chi connectivity index (χ4n) is 4.50. The molecule has 1 N–H and O–H groups in total. The number of Topliss-reactive ketones (excluding diaryl/α,β-unsaturated/α-hetero) is 1. The maximum Gasteiger partial charge on any atom is 0.330 e. The van der Waals surface area contributed by atoms with E-state index in [4.69, 9.17) is 4.74 Å². The number of imide groups is 1. The predicted octanol–water partition coefficient (Wildman–Crippen LogP) is 2.93. The zero-order valence-corrected chi connectivity index (χ0v) is 19.3. The number of carbonyl (C=O) groups excluding carboxylic acids is 5. The molecule has 1 fully saturated rings. The van der Waals surface area contributed by atoms with Gasteiger partial charge in [0, 0.05) is 17.7 Å². The van der Waals surface area contributed by atoms with Crippen LogP contribution in [0.1, 0.15) is 35.7 Å². The number of nitrogens with zero attached hydrogens (tertiary/aromatic N) is 1. The normalized spacial score (nSPS) is 19.7. The number of nitrogens with one attached hydrogen (secondary N) is 1. The van der Waals surface area contributed by atoms with E-state index in [1.54, 1.807) is 42.5 Å². The maximum atomic E-state index is 13.1. The summed E-state index contributed by atoms with van der Waals surface area (Å²) in [6.07, 6.45) is 4.77.